The Kier molecular flexibility index (Phi) is 11.5. The number of ether oxygens (including phenoxy) is 1. The molecule has 4 amide bonds. The Hall–Kier alpha value is -5.41. The van der Waals surface area contributed by atoms with E-state index in [4.69, 9.17) is 16.3 Å². The molecule has 2 aliphatic rings. The van der Waals surface area contributed by atoms with Crippen LogP contribution in [0.3, 0.4) is 0 Å². The number of nitrogens with one attached hydrogen (secondary N) is 2. The number of allylic oxidation sites excluding steroid dienone is 1. The molecule has 2 N–H and O–H groups in total. The average molecular weight is 705 g/mol. The molecule has 2 heterocycles. The summed E-state index contributed by atoms with van der Waals surface area (Å²) >= 11 is 6.30. The number of alkyl halides is 1. The van der Waals surface area contributed by atoms with Gasteiger partial charge in [0.1, 0.15) is 18.4 Å². The zero-order valence-corrected chi connectivity index (χ0v) is 29.3. The van der Waals surface area contributed by atoms with Gasteiger partial charge in [0, 0.05) is 55.7 Å². The van der Waals surface area contributed by atoms with Crippen LogP contribution in [0, 0.1) is 0 Å². The molecule has 0 saturated carbocycles. The molecule has 0 radical (unpaired) electrons. The number of amides is 4. The van der Waals surface area contributed by atoms with E-state index in [1.165, 1.54) is 10.5 Å². The minimum atomic E-state index is -0.678. The van der Waals surface area contributed by atoms with E-state index in [0.29, 0.717) is 43.3 Å². The Labute approximate surface area is 303 Å². The largest absolute Gasteiger partial charge is 0.492 e. The van der Waals surface area contributed by atoms with Crippen LogP contribution >= 0.6 is 11.6 Å². The van der Waals surface area contributed by atoms with Gasteiger partial charge in [0.05, 0.1) is 6.54 Å². The lowest BCUT2D eigenvalue weighted by atomic mass is 9.88. The molecular weight excluding hydrogens is 664 g/mol. The molecule has 1 atom stereocenters. The fourth-order valence-electron chi connectivity index (χ4n) is 6.66. The number of benzene rings is 4. The van der Waals surface area contributed by atoms with Gasteiger partial charge in [-0.2, -0.15) is 0 Å². The monoisotopic (exact) mass is 704 g/mol. The van der Waals surface area contributed by atoms with Crippen LogP contribution in [0.5, 0.6) is 5.75 Å². The van der Waals surface area contributed by atoms with Gasteiger partial charge in [-0.15, -0.1) is 11.6 Å². The van der Waals surface area contributed by atoms with Gasteiger partial charge < -0.3 is 19.9 Å². The highest BCUT2D eigenvalue weighted by molar-refractivity contribution is 6.18. The number of fused-ring (bicyclic) bond motifs is 1. The van der Waals surface area contributed by atoms with E-state index in [1.807, 2.05) is 54.6 Å². The van der Waals surface area contributed by atoms with Crippen LogP contribution in [-0.2, 0) is 20.9 Å². The first kappa shape index (κ1) is 35.4. The lowest BCUT2D eigenvalue weighted by molar-refractivity contribution is -0.137. The van der Waals surface area contributed by atoms with Crippen LogP contribution in [-0.4, -0.2) is 72.1 Å². The minimum absolute atomic E-state index is 0.0411. The van der Waals surface area contributed by atoms with Crippen molar-refractivity contribution in [3.8, 4) is 5.75 Å². The second-order valence-electron chi connectivity index (χ2n) is 12.6. The lowest BCUT2D eigenvalue weighted by Gasteiger charge is -2.29. The van der Waals surface area contributed by atoms with Crippen molar-refractivity contribution in [2.75, 3.05) is 37.9 Å². The van der Waals surface area contributed by atoms with E-state index in [9.17, 15) is 19.2 Å². The van der Waals surface area contributed by atoms with Crippen LogP contribution in [0.15, 0.2) is 103 Å². The zero-order chi connectivity index (χ0) is 35.7. The molecule has 0 bridgehead atoms. The Morgan fingerprint density at radius 1 is 0.882 bits per heavy atom. The predicted octanol–water partition coefficient (Wildman–Crippen LogP) is 6.38. The fraction of sp³-hybridized carbons (Fsp3) is 0.268. The molecule has 0 spiro atoms. The van der Waals surface area contributed by atoms with E-state index < -0.39 is 11.9 Å². The third-order valence-corrected chi connectivity index (χ3v) is 9.52. The highest BCUT2D eigenvalue weighted by Crippen LogP contribution is 2.36. The van der Waals surface area contributed by atoms with Crippen molar-refractivity contribution >= 4 is 52.1 Å². The first-order chi connectivity index (χ1) is 24.8. The summed E-state index contributed by atoms with van der Waals surface area (Å²) in [4.78, 5) is 53.2. The summed E-state index contributed by atoms with van der Waals surface area (Å²) < 4.78 is 6.04. The van der Waals surface area contributed by atoms with Crippen molar-refractivity contribution < 1.29 is 23.9 Å². The van der Waals surface area contributed by atoms with E-state index in [-0.39, 0.29) is 37.1 Å². The molecule has 6 rings (SSSR count). The SMILES string of the molecule is CN(CCOc1ccc(/C(=C(/CCCl)c2ccccc2)c2ccccc2)cc1)C(=O)CCNc1cccc2c1CN(C1CCC(=O)NC1=O)C2=O. The standard InChI is InChI=1S/C41H41ClN4O5/c1-45(38(48)22-24-43-35-14-8-13-33-34(35)27-46(41(33)50)36-19-20-37(47)44-40(36)49)25-26-51-31-17-15-30(16-18-31)39(29-11-6-3-7-12-29)32(21-23-42)28-9-4-2-5-10-28/h2-18,36,43H,19-27H2,1H3,(H,44,47,49)/b39-32-. The third kappa shape index (κ3) is 8.32. The number of anilines is 1. The second kappa shape index (κ2) is 16.5. The molecule has 262 valence electrons. The highest BCUT2D eigenvalue weighted by Gasteiger charge is 2.39. The Morgan fingerprint density at radius 2 is 1.57 bits per heavy atom. The zero-order valence-electron chi connectivity index (χ0n) is 28.6. The van der Waals surface area contributed by atoms with Crippen molar-refractivity contribution in [2.24, 2.45) is 0 Å². The summed E-state index contributed by atoms with van der Waals surface area (Å²) in [5.41, 5.74) is 7.69. The smallest absolute Gasteiger partial charge is 0.255 e. The Balaban J connectivity index is 1.02. The number of piperidine rings is 1. The predicted molar refractivity (Wildman–Crippen MR) is 199 cm³/mol. The van der Waals surface area contributed by atoms with Crippen LogP contribution in [0.1, 0.15) is 58.3 Å². The van der Waals surface area contributed by atoms with Gasteiger partial charge >= 0.3 is 0 Å². The van der Waals surface area contributed by atoms with E-state index in [1.54, 1.807) is 24.1 Å². The number of imide groups is 1. The summed E-state index contributed by atoms with van der Waals surface area (Å²) in [5.74, 6) is 0.184. The summed E-state index contributed by atoms with van der Waals surface area (Å²) in [7, 11) is 1.75. The third-order valence-electron chi connectivity index (χ3n) is 9.33. The molecule has 10 heteroatoms. The first-order valence-corrected chi connectivity index (χ1v) is 17.7. The van der Waals surface area contributed by atoms with E-state index >= 15 is 0 Å². The fourth-order valence-corrected chi connectivity index (χ4v) is 6.85. The van der Waals surface area contributed by atoms with Gasteiger partial charge in [-0.05, 0) is 64.9 Å². The summed E-state index contributed by atoms with van der Waals surface area (Å²) in [5, 5.41) is 5.63. The van der Waals surface area contributed by atoms with Crippen LogP contribution in [0.25, 0.3) is 11.1 Å². The molecule has 4 aromatic rings. The van der Waals surface area contributed by atoms with Crippen molar-refractivity contribution in [1.82, 2.24) is 15.1 Å². The summed E-state index contributed by atoms with van der Waals surface area (Å²) in [6, 6.07) is 33.4. The van der Waals surface area contributed by atoms with Crippen LogP contribution in [0.2, 0.25) is 0 Å². The van der Waals surface area contributed by atoms with Gasteiger partial charge in [0.25, 0.3) is 5.91 Å². The Morgan fingerprint density at radius 3 is 2.25 bits per heavy atom. The molecule has 1 unspecified atom stereocenters. The van der Waals surface area contributed by atoms with Gasteiger partial charge in [0.15, 0.2) is 0 Å². The maximum absolute atomic E-state index is 13.1. The number of likely N-dealkylation sites (N-methyl/N-ethyl adjacent to an activating group) is 1. The number of nitrogens with zero attached hydrogens (tertiary/aromatic N) is 2. The molecule has 1 saturated heterocycles. The summed E-state index contributed by atoms with van der Waals surface area (Å²) in [6.07, 6.45) is 1.48. The normalized spacial score (nSPS) is 15.9. The summed E-state index contributed by atoms with van der Waals surface area (Å²) in [6.45, 7) is 1.39. The van der Waals surface area contributed by atoms with Gasteiger partial charge in [-0.1, -0.05) is 78.9 Å². The molecule has 1 fully saturated rings. The van der Waals surface area contributed by atoms with Crippen molar-refractivity contribution in [3.63, 3.8) is 0 Å². The minimum Gasteiger partial charge on any atom is -0.492 e. The quantitative estimate of drug-likeness (QED) is 0.0897. The second-order valence-corrected chi connectivity index (χ2v) is 13.0. The number of carbonyl (C=O) groups excluding carboxylic acids is 4. The van der Waals surface area contributed by atoms with Gasteiger partial charge in [-0.3, -0.25) is 24.5 Å². The maximum atomic E-state index is 13.1. The van der Waals surface area contributed by atoms with Crippen LogP contribution < -0.4 is 15.4 Å². The van der Waals surface area contributed by atoms with Gasteiger partial charge in [-0.25, -0.2) is 0 Å². The van der Waals surface area contributed by atoms with Crippen molar-refractivity contribution in [1.29, 1.82) is 0 Å². The number of halogens is 1. The lowest BCUT2D eigenvalue weighted by Crippen LogP contribution is -2.52. The highest BCUT2D eigenvalue weighted by atomic mass is 35.5. The van der Waals surface area contributed by atoms with E-state index in [0.717, 1.165) is 39.9 Å². The molecule has 0 aliphatic carbocycles. The number of rotatable bonds is 14. The molecule has 51 heavy (non-hydrogen) atoms. The van der Waals surface area contributed by atoms with Gasteiger partial charge in [0.2, 0.25) is 17.7 Å². The molecule has 4 aromatic carbocycles. The van der Waals surface area contributed by atoms with Crippen LogP contribution in [0.4, 0.5) is 5.69 Å². The van der Waals surface area contributed by atoms with Crippen molar-refractivity contribution in [2.45, 2.75) is 38.3 Å². The first-order valence-electron chi connectivity index (χ1n) is 17.2. The van der Waals surface area contributed by atoms with Crippen molar-refractivity contribution in [3.05, 3.63) is 131 Å². The molecule has 9 nitrogen and oxygen atoms in total. The van der Waals surface area contributed by atoms with E-state index in [2.05, 4.69) is 47.0 Å². The molecular formula is C41H41ClN4O5. The topological polar surface area (TPSA) is 108 Å². The molecule has 2 aliphatic heterocycles. The average Bonchev–Trinajstić information content (AvgIpc) is 3.49. The molecule has 0 aromatic heterocycles. The number of hydrogen-bond acceptors (Lipinski definition) is 6. The number of hydrogen-bond donors (Lipinski definition) is 2. The maximum Gasteiger partial charge on any atom is 0.255 e. The number of carbonyl (C=O) groups is 4. The Bertz CT molecular complexity index is 1910.